The largest absolute Gasteiger partial charge is 0.460 e. The molecule has 3 rings (SSSR count). The van der Waals surface area contributed by atoms with Crippen LogP contribution in [-0.2, 0) is 20.7 Å². The highest BCUT2D eigenvalue weighted by Gasteiger charge is 2.25. The number of ether oxygens (including phenoxy) is 2. The monoisotopic (exact) mass is 422 g/mol. The predicted octanol–water partition coefficient (Wildman–Crippen LogP) is 5.29. The van der Waals surface area contributed by atoms with Gasteiger partial charge in [0.05, 0.1) is 13.0 Å². The first-order valence-corrected chi connectivity index (χ1v) is 11.1. The number of aromatic nitrogens is 1. The number of rotatable bonds is 9. The topological polar surface area (TPSA) is 60.5 Å². The quantitative estimate of drug-likeness (QED) is 0.338. The molecule has 0 saturated carbocycles. The highest BCUT2D eigenvalue weighted by molar-refractivity contribution is 5.71. The van der Waals surface area contributed by atoms with Crippen LogP contribution >= 0.6 is 0 Å². The Morgan fingerprint density at radius 2 is 1.97 bits per heavy atom. The number of fused-ring (bicyclic) bond motifs is 1. The minimum Gasteiger partial charge on any atom is -0.460 e. The number of benzene rings is 1. The van der Waals surface area contributed by atoms with Crippen LogP contribution in [0.15, 0.2) is 60.3 Å². The van der Waals surface area contributed by atoms with Gasteiger partial charge in [-0.05, 0) is 74.8 Å². The molecule has 0 spiro atoms. The molecule has 1 heterocycles. The molecule has 1 aromatic heterocycles. The molecule has 1 aliphatic rings. The first-order chi connectivity index (χ1) is 14.9. The normalized spacial score (nSPS) is 16.1. The molecule has 0 fully saturated rings. The third-order valence-electron chi connectivity index (χ3n) is 5.17. The molecule has 0 aliphatic heterocycles. The predicted molar refractivity (Wildman–Crippen MR) is 124 cm³/mol. The Labute approximate surface area is 185 Å². The first kappa shape index (κ1) is 23.0. The Bertz CT molecular complexity index is 872. The molecule has 0 radical (unpaired) electrons. The van der Waals surface area contributed by atoms with Crippen molar-refractivity contribution in [2.45, 2.75) is 58.0 Å². The van der Waals surface area contributed by atoms with Gasteiger partial charge in [0, 0.05) is 19.3 Å². The number of anilines is 1. The Kier molecular flexibility index (Phi) is 8.24. The van der Waals surface area contributed by atoms with Crippen LogP contribution in [0.3, 0.4) is 0 Å². The van der Waals surface area contributed by atoms with Crippen LogP contribution in [-0.4, -0.2) is 36.3 Å². The molecular weight excluding hydrogens is 388 g/mol. The lowest BCUT2D eigenvalue weighted by Crippen LogP contribution is -2.25. The molecule has 166 valence electrons. The van der Waals surface area contributed by atoms with E-state index < -0.39 is 5.60 Å². The van der Waals surface area contributed by atoms with Gasteiger partial charge in [0.15, 0.2) is 0 Å². The fourth-order valence-electron chi connectivity index (χ4n) is 3.83. The maximum absolute atomic E-state index is 12.5. The van der Waals surface area contributed by atoms with Crippen LogP contribution in [0.1, 0.15) is 57.1 Å². The van der Waals surface area contributed by atoms with E-state index in [1.807, 2.05) is 39.0 Å². The number of nitrogens with zero attached hydrogens (tertiary/aromatic N) is 1. The van der Waals surface area contributed by atoms with E-state index in [4.69, 9.17) is 9.47 Å². The van der Waals surface area contributed by atoms with E-state index in [0.717, 1.165) is 31.6 Å². The van der Waals surface area contributed by atoms with E-state index in [1.165, 1.54) is 16.7 Å². The van der Waals surface area contributed by atoms with Crippen molar-refractivity contribution in [3.05, 3.63) is 71.4 Å². The summed E-state index contributed by atoms with van der Waals surface area (Å²) in [4.78, 5) is 16.8. The van der Waals surface area contributed by atoms with Crippen molar-refractivity contribution in [3.63, 3.8) is 0 Å². The van der Waals surface area contributed by atoms with E-state index in [9.17, 15) is 4.79 Å². The number of carbonyl (C=O) groups excluding carboxylic acids is 1. The number of hydrogen-bond donors (Lipinski definition) is 1. The second kappa shape index (κ2) is 11.1. The van der Waals surface area contributed by atoms with E-state index in [2.05, 4.69) is 40.6 Å². The molecule has 1 N–H and O–H groups in total. The third-order valence-corrected chi connectivity index (χ3v) is 5.17. The first-order valence-electron chi connectivity index (χ1n) is 11.1. The van der Waals surface area contributed by atoms with Crippen molar-refractivity contribution in [1.82, 2.24) is 4.98 Å². The highest BCUT2D eigenvalue weighted by Crippen LogP contribution is 2.34. The molecule has 31 heavy (non-hydrogen) atoms. The maximum atomic E-state index is 12.5. The maximum Gasteiger partial charge on any atom is 0.306 e. The highest BCUT2D eigenvalue weighted by atomic mass is 16.6. The van der Waals surface area contributed by atoms with Gasteiger partial charge in [-0.25, -0.2) is 4.98 Å². The van der Waals surface area contributed by atoms with Crippen molar-refractivity contribution < 1.29 is 14.3 Å². The van der Waals surface area contributed by atoms with Crippen molar-refractivity contribution in [2.75, 3.05) is 25.1 Å². The Balaban J connectivity index is 1.50. The van der Waals surface area contributed by atoms with Gasteiger partial charge in [-0.2, -0.15) is 0 Å². The third kappa shape index (κ3) is 7.83. The van der Waals surface area contributed by atoms with E-state index >= 15 is 0 Å². The Morgan fingerprint density at radius 3 is 2.74 bits per heavy atom. The molecule has 2 aromatic rings. The van der Waals surface area contributed by atoms with Crippen molar-refractivity contribution in [1.29, 1.82) is 0 Å². The summed E-state index contributed by atoms with van der Waals surface area (Å²) >= 11 is 0. The lowest BCUT2D eigenvalue weighted by Gasteiger charge is -2.23. The average Bonchev–Trinajstić information content (AvgIpc) is 2.89. The summed E-state index contributed by atoms with van der Waals surface area (Å²) in [6, 6.07) is 14.2. The standard InChI is InChI=1S/C26H34N2O3/c1-26(2,3)31-25(29)18-22-17-20(12-13-21-9-4-5-10-23(21)22)19-30-16-8-15-28-24-11-6-7-14-27-24/h4-7,9-12,14,22H,8,13,15-19H2,1-3H3,(H,27,28). The van der Waals surface area contributed by atoms with Gasteiger partial charge in [-0.15, -0.1) is 0 Å². The number of nitrogens with one attached hydrogen (secondary N) is 1. The second-order valence-corrected chi connectivity index (χ2v) is 9.00. The molecule has 5 nitrogen and oxygen atoms in total. The summed E-state index contributed by atoms with van der Waals surface area (Å²) in [5, 5.41) is 3.30. The van der Waals surface area contributed by atoms with Crippen molar-refractivity contribution in [2.24, 2.45) is 0 Å². The van der Waals surface area contributed by atoms with Crippen LogP contribution in [0.25, 0.3) is 0 Å². The number of carbonyl (C=O) groups is 1. The molecule has 0 saturated heterocycles. The number of pyridine rings is 1. The summed E-state index contributed by atoms with van der Waals surface area (Å²) in [5.41, 5.74) is 3.32. The molecule has 0 amide bonds. The van der Waals surface area contributed by atoms with Crippen LogP contribution in [0, 0.1) is 0 Å². The van der Waals surface area contributed by atoms with Gasteiger partial charge in [-0.1, -0.05) is 36.4 Å². The molecule has 1 atom stereocenters. The van der Waals surface area contributed by atoms with E-state index in [1.54, 1.807) is 6.20 Å². The Morgan fingerprint density at radius 1 is 1.16 bits per heavy atom. The van der Waals surface area contributed by atoms with Gasteiger partial charge in [-0.3, -0.25) is 4.79 Å². The van der Waals surface area contributed by atoms with Crippen LogP contribution in [0.4, 0.5) is 5.82 Å². The number of hydrogen-bond acceptors (Lipinski definition) is 5. The molecule has 1 aliphatic carbocycles. The smallest absolute Gasteiger partial charge is 0.306 e. The summed E-state index contributed by atoms with van der Waals surface area (Å²) in [6.45, 7) is 7.83. The second-order valence-electron chi connectivity index (χ2n) is 9.00. The number of allylic oxidation sites excluding steroid dienone is 1. The SMILES string of the molecule is CC(C)(C)OC(=O)CC1CC(COCCCNc2ccccn2)=CCc2ccccc21. The minimum atomic E-state index is -0.466. The summed E-state index contributed by atoms with van der Waals surface area (Å²) in [6.07, 6.45) is 7.04. The zero-order valence-corrected chi connectivity index (χ0v) is 18.9. The molecule has 0 bridgehead atoms. The van der Waals surface area contributed by atoms with Crippen LogP contribution in [0.5, 0.6) is 0 Å². The zero-order chi connectivity index (χ0) is 22.1. The van der Waals surface area contributed by atoms with Gasteiger partial charge < -0.3 is 14.8 Å². The van der Waals surface area contributed by atoms with Gasteiger partial charge >= 0.3 is 5.97 Å². The van der Waals surface area contributed by atoms with Gasteiger partial charge in [0.25, 0.3) is 0 Å². The zero-order valence-electron chi connectivity index (χ0n) is 18.9. The minimum absolute atomic E-state index is 0.120. The summed E-state index contributed by atoms with van der Waals surface area (Å²) in [5.74, 6) is 0.862. The fourth-order valence-corrected chi connectivity index (χ4v) is 3.83. The molecular formula is C26H34N2O3. The Hall–Kier alpha value is -2.66. The van der Waals surface area contributed by atoms with E-state index in [-0.39, 0.29) is 11.9 Å². The molecule has 1 aromatic carbocycles. The van der Waals surface area contributed by atoms with Crippen LogP contribution < -0.4 is 5.32 Å². The summed E-state index contributed by atoms with van der Waals surface area (Å²) < 4.78 is 11.5. The van der Waals surface area contributed by atoms with Crippen molar-refractivity contribution in [3.8, 4) is 0 Å². The van der Waals surface area contributed by atoms with Gasteiger partial charge in [0.1, 0.15) is 11.4 Å². The van der Waals surface area contributed by atoms with Crippen molar-refractivity contribution >= 4 is 11.8 Å². The molecule has 1 unspecified atom stereocenters. The summed E-state index contributed by atoms with van der Waals surface area (Å²) in [7, 11) is 0. The molecule has 5 heteroatoms. The van der Waals surface area contributed by atoms with Gasteiger partial charge in [0.2, 0.25) is 0 Å². The number of esters is 1. The lowest BCUT2D eigenvalue weighted by atomic mass is 9.88. The lowest BCUT2D eigenvalue weighted by molar-refractivity contribution is -0.155. The fraction of sp³-hybridized carbons (Fsp3) is 0.462. The van der Waals surface area contributed by atoms with E-state index in [0.29, 0.717) is 19.6 Å². The average molecular weight is 423 g/mol. The van der Waals surface area contributed by atoms with Crippen LogP contribution in [0.2, 0.25) is 0 Å².